The van der Waals surface area contributed by atoms with E-state index in [9.17, 15) is 0 Å². The van der Waals surface area contributed by atoms with Crippen LogP contribution in [0.2, 0.25) is 0 Å². The first kappa shape index (κ1) is 54.6. The van der Waals surface area contributed by atoms with Gasteiger partial charge in [0, 0.05) is 71.0 Å². The van der Waals surface area contributed by atoms with Crippen LogP contribution in [-0.2, 0) is 18.9 Å². The van der Waals surface area contributed by atoms with Crippen molar-refractivity contribution in [1.82, 2.24) is 21.3 Å². The molecule has 2 aromatic rings. The van der Waals surface area contributed by atoms with Crippen LogP contribution in [0.1, 0.15) is 160 Å². The van der Waals surface area contributed by atoms with Gasteiger partial charge in [-0.25, -0.2) is 0 Å². The summed E-state index contributed by atoms with van der Waals surface area (Å²) in [4.78, 5) is 0. The van der Waals surface area contributed by atoms with Crippen molar-refractivity contribution in [3.8, 4) is 34.1 Å². The minimum Gasteiger partial charge on any atom is -0.493 e. The molecule has 68 heavy (non-hydrogen) atoms. The molecule has 12 nitrogen and oxygen atoms in total. The largest absolute Gasteiger partial charge is 0.493 e. The van der Waals surface area contributed by atoms with Gasteiger partial charge in [-0.3, -0.25) is 0 Å². The van der Waals surface area contributed by atoms with Crippen LogP contribution in [0.25, 0.3) is 11.1 Å². The summed E-state index contributed by atoms with van der Waals surface area (Å²) in [6.45, 7) is 33.8. The Morgan fingerprint density at radius 2 is 0.618 bits per heavy atom. The van der Waals surface area contributed by atoms with E-state index in [2.05, 4.69) is 129 Å². The van der Waals surface area contributed by atoms with Gasteiger partial charge in [0.15, 0.2) is 0 Å². The third-order valence-corrected chi connectivity index (χ3v) is 13.7. The van der Waals surface area contributed by atoms with Crippen molar-refractivity contribution in [3.05, 3.63) is 36.4 Å². The van der Waals surface area contributed by atoms with Gasteiger partial charge in [0.05, 0.1) is 77.3 Å². The van der Waals surface area contributed by atoms with Crippen LogP contribution in [0.3, 0.4) is 0 Å². The highest BCUT2D eigenvalue weighted by atomic mass is 16.5. The van der Waals surface area contributed by atoms with Gasteiger partial charge >= 0.3 is 0 Å². The lowest BCUT2D eigenvalue weighted by molar-refractivity contribution is -0.0250. The van der Waals surface area contributed by atoms with E-state index in [1.165, 1.54) is 0 Å². The standard InChI is InChI=1S/C56H94N4O8/c1-51(2)35-43(17-19-57-51)61-21-13-23-63-45-29-41(30-46(33-45)64-24-14-22-62-44-18-20-58-52(3,4)36-44)42-31-47(65-25-15-27-67-49-37-53(5,6)59-54(7,8)38-49)34-48(32-42)66-26-16-28-68-50-39-55(9,10)60-56(11,12)40-50/h29-34,43-44,49-50,57-60H,13-28,35-40H2,1-12H3. The molecule has 0 radical (unpaired) electrons. The molecule has 0 aliphatic carbocycles. The smallest absolute Gasteiger partial charge is 0.123 e. The van der Waals surface area contributed by atoms with Gasteiger partial charge in [0.25, 0.3) is 0 Å². The maximum atomic E-state index is 6.49. The summed E-state index contributed by atoms with van der Waals surface area (Å²) in [5.74, 6) is 3.01. The summed E-state index contributed by atoms with van der Waals surface area (Å²) in [5, 5.41) is 14.7. The number of ether oxygens (including phenoxy) is 8. The Kier molecular flexibility index (Phi) is 19.4. The van der Waals surface area contributed by atoms with E-state index >= 15 is 0 Å². The first-order valence-electron chi connectivity index (χ1n) is 26.4. The SMILES string of the molecule is CC1(C)CC(OCCCOc2cc(OCCCOC3CCNC(C)(C)C3)cc(-c3cc(OCCCOC4CC(C)(C)NC(C)(C)C4)cc(OCCCOC4CC(C)(C)NC(C)(C)C4)c3)c2)CCN1. The van der Waals surface area contributed by atoms with Gasteiger partial charge in [-0.2, -0.15) is 0 Å². The minimum atomic E-state index is 0.0394. The van der Waals surface area contributed by atoms with Gasteiger partial charge < -0.3 is 59.2 Å². The zero-order chi connectivity index (χ0) is 49.1. The minimum absolute atomic E-state index is 0.0394. The lowest BCUT2D eigenvalue weighted by Gasteiger charge is -2.46. The zero-order valence-electron chi connectivity index (χ0n) is 44.6. The second-order valence-corrected chi connectivity index (χ2v) is 24.4. The summed E-state index contributed by atoms with van der Waals surface area (Å²) in [7, 11) is 0. The van der Waals surface area contributed by atoms with Crippen LogP contribution < -0.4 is 40.2 Å². The molecule has 4 aliphatic heterocycles. The molecule has 2 unspecified atom stereocenters. The molecule has 0 spiro atoms. The fourth-order valence-corrected chi connectivity index (χ4v) is 11.4. The van der Waals surface area contributed by atoms with Crippen molar-refractivity contribution < 1.29 is 37.9 Å². The number of nitrogens with one attached hydrogen (secondary N) is 4. The number of benzene rings is 2. The molecule has 386 valence electrons. The highest BCUT2D eigenvalue weighted by Crippen LogP contribution is 2.36. The van der Waals surface area contributed by atoms with Crippen molar-refractivity contribution in [2.45, 2.75) is 218 Å². The van der Waals surface area contributed by atoms with Crippen LogP contribution in [0, 0.1) is 0 Å². The molecular formula is C56H94N4O8. The number of rotatable bonds is 25. The van der Waals surface area contributed by atoms with Crippen LogP contribution in [-0.4, -0.2) is 124 Å². The van der Waals surface area contributed by atoms with Crippen molar-refractivity contribution in [2.75, 3.05) is 65.9 Å². The Morgan fingerprint density at radius 3 is 0.897 bits per heavy atom. The molecular weight excluding hydrogens is 857 g/mol. The molecule has 2 aromatic carbocycles. The molecule has 12 heteroatoms. The Bertz CT molecular complexity index is 1690. The Balaban J connectivity index is 1.12. The zero-order valence-corrected chi connectivity index (χ0v) is 44.6. The first-order valence-corrected chi connectivity index (χ1v) is 26.4. The molecule has 4 heterocycles. The highest BCUT2D eigenvalue weighted by Gasteiger charge is 2.39. The fourth-order valence-electron chi connectivity index (χ4n) is 11.4. The monoisotopic (exact) mass is 951 g/mol. The van der Waals surface area contributed by atoms with Gasteiger partial charge in [-0.05, 0) is 183 Å². The van der Waals surface area contributed by atoms with Crippen LogP contribution in [0.5, 0.6) is 23.0 Å². The van der Waals surface area contributed by atoms with Crippen molar-refractivity contribution in [2.24, 2.45) is 0 Å². The summed E-state index contributed by atoms with van der Waals surface area (Å²) in [6, 6.07) is 12.4. The summed E-state index contributed by atoms with van der Waals surface area (Å²) in [6.07, 6.45) is 12.2. The van der Waals surface area contributed by atoms with E-state index in [0.29, 0.717) is 52.9 Å². The van der Waals surface area contributed by atoms with Crippen LogP contribution >= 0.6 is 0 Å². The number of hydrogen-bond acceptors (Lipinski definition) is 12. The number of hydrogen-bond donors (Lipinski definition) is 4. The van der Waals surface area contributed by atoms with Crippen molar-refractivity contribution >= 4 is 0 Å². The Labute approximate surface area is 412 Å². The first-order chi connectivity index (χ1) is 32.0. The Morgan fingerprint density at radius 1 is 0.353 bits per heavy atom. The summed E-state index contributed by atoms with van der Waals surface area (Å²) in [5.41, 5.74) is 2.30. The van der Waals surface area contributed by atoms with Gasteiger partial charge in [-0.1, -0.05) is 0 Å². The second-order valence-electron chi connectivity index (χ2n) is 24.4. The molecule has 4 saturated heterocycles. The maximum absolute atomic E-state index is 6.49. The van der Waals surface area contributed by atoms with E-state index in [1.54, 1.807) is 0 Å². The maximum Gasteiger partial charge on any atom is 0.123 e. The predicted molar refractivity (Wildman–Crippen MR) is 275 cm³/mol. The topological polar surface area (TPSA) is 122 Å². The van der Waals surface area contributed by atoms with E-state index in [-0.39, 0.29) is 57.6 Å². The van der Waals surface area contributed by atoms with Crippen LogP contribution in [0.4, 0.5) is 0 Å². The summed E-state index contributed by atoms with van der Waals surface area (Å²) < 4.78 is 51.4. The molecule has 0 saturated carbocycles. The van der Waals surface area contributed by atoms with Crippen molar-refractivity contribution in [3.63, 3.8) is 0 Å². The quantitative estimate of drug-likeness (QED) is 0.0709. The predicted octanol–water partition coefficient (Wildman–Crippen LogP) is 10.2. The second kappa shape index (κ2) is 24.2. The normalized spacial score (nSPS) is 24.3. The molecule has 4 aliphatic rings. The lowest BCUT2D eigenvalue weighted by atomic mass is 9.81. The van der Waals surface area contributed by atoms with Crippen LogP contribution in [0.15, 0.2) is 36.4 Å². The third kappa shape index (κ3) is 19.2. The van der Waals surface area contributed by atoms with E-state index < -0.39 is 0 Å². The summed E-state index contributed by atoms with van der Waals surface area (Å²) >= 11 is 0. The van der Waals surface area contributed by atoms with Crippen molar-refractivity contribution in [1.29, 1.82) is 0 Å². The van der Waals surface area contributed by atoms with Gasteiger partial charge in [0.2, 0.25) is 0 Å². The molecule has 0 aromatic heterocycles. The average molecular weight is 951 g/mol. The number of piperidine rings is 4. The molecule has 6 rings (SSSR count). The highest BCUT2D eigenvalue weighted by molar-refractivity contribution is 5.70. The average Bonchev–Trinajstić information content (AvgIpc) is 3.20. The molecule has 4 N–H and O–H groups in total. The van der Waals surface area contributed by atoms with E-state index in [1.807, 2.05) is 12.1 Å². The fraction of sp³-hybridized carbons (Fsp3) is 0.786. The van der Waals surface area contributed by atoms with Gasteiger partial charge in [0.1, 0.15) is 23.0 Å². The molecule has 0 amide bonds. The van der Waals surface area contributed by atoms with E-state index in [0.717, 1.165) is 124 Å². The lowest BCUT2D eigenvalue weighted by Crippen LogP contribution is -2.59. The molecule has 2 atom stereocenters. The molecule has 0 bridgehead atoms. The van der Waals surface area contributed by atoms with Gasteiger partial charge in [-0.15, -0.1) is 0 Å². The third-order valence-electron chi connectivity index (χ3n) is 13.7. The Hall–Kier alpha value is -2.68. The van der Waals surface area contributed by atoms with E-state index in [4.69, 9.17) is 37.9 Å². The molecule has 4 fully saturated rings.